The van der Waals surface area contributed by atoms with Crippen LogP contribution >= 0.6 is 0 Å². The lowest BCUT2D eigenvalue weighted by atomic mass is 10.0. The molecule has 0 aromatic heterocycles. The van der Waals surface area contributed by atoms with Crippen LogP contribution in [0.15, 0.2) is 29.2 Å². The maximum Gasteiger partial charge on any atom is 0.175 e. The minimum atomic E-state index is -3.17. The molecule has 0 radical (unpaired) electrons. The number of hydrogen-bond donors (Lipinski definition) is 2. The molecule has 0 aliphatic rings. The summed E-state index contributed by atoms with van der Waals surface area (Å²) in [6, 6.07) is 6.74. The summed E-state index contributed by atoms with van der Waals surface area (Å²) in [5, 5.41) is 9.02. The normalized spacial score (nSPS) is 13.7. The van der Waals surface area contributed by atoms with Crippen LogP contribution in [0.1, 0.15) is 5.56 Å². The van der Waals surface area contributed by atoms with Crippen LogP contribution in [0.25, 0.3) is 0 Å². The summed E-state index contributed by atoms with van der Waals surface area (Å²) in [5.41, 5.74) is 6.36. The summed E-state index contributed by atoms with van der Waals surface area (Å²) in [7, 11) is -3.17. The number of aliphatic hydroxyl groups is 1. The molecule has 0 fully saturated rings. The minimum Gasteiger partial charge on any atom is -0.396 e. The largest absolute Gasteiger partial charge is 0.396 e. The van der Waals surface area contributed by atoms with Crippen molar-refractivity contribution in [3.8, 4) is 0 Å². The zero-order valence-electron chi connectivity index (χ0n) is 9.26. The molecule has 0 amide bonds. The van der Waals surface area contributed by atoms with Crippen molar-refractivity contribution in [3.63, 3.8) is 0 Å². The first-order valence-corrected chi connectivity index (χ1v) is 6.96. The summed E-state index contributed by atoms with van der Waals surface area (Å²) in [5.74, 6) is -0.0187. The predicted octanol–water partition coefficient (Wildman–Crippen LogP) is 0.200. The third-order valence-electron chi connectivity index (χ3n) is 2.44. The molecule has 1 rings (SSSR count). The summed E-state index contributed by atoms with van der Waals surface area (Å²) in [6.07, 6.45) is 1.77. The fourth-order valence-electron chi connectivity index (χ4n) is 1.46. The lowest BCUT2D eigenvalue weighted by Crippen LogP contribution is -2.20. The Hall–Kier alpha value is -0.910. The van der Waals surface area contributed by atoms with E-state index in [9.17, 15) is 8.42 Å². The van der Waals surface area contributed by atoms with Gasteiger partial charge in [0.05, 0.1) is 4.90 Å². The second-order valence-electron chi connectivity index (χ2n) is 3.91. The molecule has 0 spiro atoms. The van der Waals surface area contributed by atoms with E-state index in [1.807, 2.05) is 6.07 Å². The molecule has 0 aliphatic carbocycles. The topological polar surface area (TPSA) is 80.4 Å². The highest BCUT2D eigenvalue weighted by atomic mass is 32.2. The molecule has 5 heteroatoms. The lowest BCUT2D eigenvalue weighted by molar-refractivity contribution is 0.230. The van der Waals surface area contributed by atoms with Crippen molar-refractivity contribution in [1.29, 1.82) is 0 Å². The van der Waals surface area contributed by atoms with Gasteiger partial charge >= 0.3 is 0 Å². The summed E-state index contributed by atoms with van der Waals surface area (Å²) < 4.78 is 22.7. The number of sulfone groups is 1. The van der Waals surface area contributed by atoms with Crippen LogP contribution in [0.4, 0.5) is 0 Å². The minimum absolute atomic E-state index is 0.0135. The van der Waals surface area contributed by atoms with Crippen LogP contribution < -0.4 is 5.73 Å². The Morgan fingerprint density at radius 2 is 2.12 bits per heavy atom. The number of aliphatic hydroxyl groups excluding tert-OH is 1. The fraction of sp³-hybridized carbons (Fsp3) is 0.455. The van der Waals surface area contributed by atoms with E-state index in [1.165, 1.54) is 6.26 Å². The van der Waals surface area contributed by atoms with Gasteiger partial charge in [-0.25, -0.2) is 8.42 Å². The molecule has 1 atom stereocenters. The number of hydrogen-bond acceptors (Lipinski definition) is 4. The zero-order valence-corrected chi connectivity index (χ0v) is 10.1. The van der Waals surface area contributed by atoms with Crippen LogP contribution in [0.3, 0.4) is 0 Å². The van der Waals surface area contributed by atoms with Gasteiger partial charge in [-0.2, -0.15) is 0 Å². The number of nitrogens with two attached hydrogens (primary N) is 1. The molecular weight excluding hydrogens is 226 g/mol. The quantitative estimate of drug-likeness (QED) is 0.774. The van der Waals surface area contributed by atoms with Crippen molar-refractivity contribution >= 4 is 9.84 Å². The number of benzene rings is 1. The highest BCUT2D eigenvalue weighted by molar-refractivity contribution is 7.90. The Labute approximate surface area is 96.0 Å². The third-order valence-corrected chi connectivity index (χ3v) is 3.55. The zero-order chi connectivity index (χ0) is 12.2. The summed E-state index contributed by atoms with van der Waals surface area (Å²) in [6.45, 7) is 0.402. The molecular formula is C11H17NO3S. The van der Waals surface area contributed by atoms with Gasteiger partial charge in [0.2, 0.25) is 0 Å². The van der Waals surface area contributed by atoms with Crippen molar-refractivity contribution in [2.24, 2.45) is 11.7 Å². The second kappa shape index (κ2) is 5.43. The Kier molecular flexibility index (Phi) is 4.46. The van der Waals surface area contributed by atoms with E-state index in [1.54, 1.807) is 18.2 Å². The molecule has 0 saturated carbocycles. The van der Waals surface area contributed by atoms with E-state index >= 15 is 0 Å². The second-order valence-corrected chi connectivity index (χ2v) is 5.92. The van der Waals surface area contributed by atoms with Crippen molar-refractivity contribution in [2.45, 2.75) is 11.3 Å². The lowest BCUT2D eigenvalue weighted by Gasteiger charge is -2.11. The van der Waals surface area contributed by atoms with Crippen molar-refractivity contribution in [1.82, 2.24) is 0 Å². The molecule has 0 aliphatic heterocycles. The van der Waals surface area contributed by atoms with Gasteiger partial charge in [-0.1, -0.05) is 12.1 Å². The monoisotopic (exact) mass is 243 g/mol. The van der Waals surface area contributed by atoms with Crippen molar-refractivity contribution in [3.05, 3.63) is 29.8 Å². The molecule has 1 aromatic rings. The summed E-state index contributed by atoms with van der Waals surface area (Å²) >= 11 is 0. The van der Waals surface area contributed by atoms with Gasteiger partial charge < -0.3 is 10.8 Å². The number of rotatable bonds is 5. The Morgan fingerprint density at radius 1 is 1.44 bits per heavy atom. The van der Waals surface area contributed by atoms with Crippen molar-refractivity contribution < 1.29 is 13.5 Å². The first-order valence-electron chi connectivity index (χ1n) is 5.07. The molecule has 1 unspecified atom stereocenters. The molecule has 90 valence electrons. The van der Waals surface area contributed by atoms with Gasteiger partial charge in [-0.3, -0.25) is 0 Å². The van der Waals surface area contributed by atoms with E-state index in [2.05, 4.69) is 0 Å². The van der Waals surface area contributed by atoms with Gasteiger partial charge in [-0.15, -0.1) is 0 Å². The fourth-order valence-corrected chi connectivity index (χ4v) is 2.15. The Morgan fingerprint density at radius 3 is 2.62 bits per heavy atom. The first-order chi connectivity index (χ1) is 7.47. The highest BCUT2D eigenvalue weighted by Crippen LogP contribution is 2.14. The van der Waals surface area contributed by atoms with Crippen LogP contribution in [0, 0.1) is 5.92 Å². The van der Waals surface area contributed by atoms with Gasteiger partial charge in [0, 0.05) is 12.9 Å². The molecule has 3 N–H and O–H groups in total. The summed E-state index contributed by atoms with van der Waals surface area (Å²) in [4.78, 5) is 0.304. The van der Waals surface area contributed by atoms with Crippen LogP contribution in [0.2, 0.25) is 0 Å². The molecule has 0 heterocycles. The van der Waals surface area contributed by atoms with E-state index in [0.29, 0.717) is 17.9 Å². The highest BCUT2D eigenvalue weighted by Gasteiger charge is 2.10. The van der Waals surface area contributed by atoms with Gasteiger partial charge in [0.15, 0.2) is 9.84 Å². The van der Waals surface area contributed by atoms with E-state index < -0.39 is 9.84 Å². The van der Waals surface area contributed by atoms with Gasteiger partial charge in [-0.05, 0) is 36.6 Å². The van der Waals surface area contributed by atoms with E-state index in [0.717, 1.165) is 5.56 Å². The van der Waals surface area contributed by atoms with Gasteiger partial charge in [0.25, 0.3) is 0 Å². The van der Waals surface area contributed by atoms with Crippen LogP contribution in [-0.4, -0.2) is 32.9 Å². The molecule has 4 nitrogen and oxygen atoms in total. The van der Waals surface area contributed by atoms with Crippen LogP contribution in [-0.2, 0) is 16.3 Å². The molecule has 0 bridgehead atoms. The maximum atomic E-state index is 11.3. The van der Waals surface area contributed by atoms with E-state index in [-0.39, 0.29) is 12.5 Å². The van der Waals surface area contributed by atoms with E-state index in [4.69, 9.17) is 10.8 Å². The van der Waals surface area contributed by atoms with Crippen molar-refractivity contribution in [2.75, 3.05) is 19.4 Å². The molecule has 1 aromatic carbocycles. The standard InChI is InChI=1S/C11H17NO3S/c1-16(14,15)11-4-2-3-9(6-11)5-10(7-12)8-13/h2-4,6,10,13H,5,7-8,12H2,1H3. The smallest absolute Gasteiger partial charge is 0.175 e. The maximum absolute atomic E-state index is 11.3. The predicted molar refractivity (Wildman–Crippen MR) is 62.9 cm³/mol. The molecule has 0 saturated heterocycles. The first kappa shape index (κ1) is 13.2. The Balaban J connectivity index is 2.91. The third kappa shape index (κ3) is 3.59. The van der Waals surface area contributed by atoms with Gasteiger partial charge in [0.1, 0.15) is 0 Å². The molecule has 16 heavy (non-hydrogen) atoms. The SMILES string of the molecule is CS(=O)(=O)c1cccc(CC(CN)CO)c1. The average Bonchev–Trinajstić information content (AvgIpc) is 2.25. The Bertz CT molecular complexity index is 438. The average molecular weight is 243 g/mol. The van der Waals surface area contributed by atoms with Crippen LogP contribution in [0.5, 0.6) is 0 Å².